The highest BCUT2D eigenvalue weighted by molar-refractivity contribution is 6.10. The maximum atomic E-state index is 6.68. The third kappa shape index (κ3) is 5.26. The van der Waals surface area contributed by atoms with Crippen LogP contribution in [-0.4, -0.2) is 9.97 Å². The van der Waals surface area contributed by atoms with Crippen molar-refractivity contribution in [3.63, 3.8) is 0 Å². The number of rotatable bonds is 5. The quantitative estimate of drug-likeness (QED) is 0.173. The first-order valence-electron chi connectivity index (χ1n) is 22.6. The van der Waals surface area contributed by atoms with E-state index in [-0.39, 0.29) is 0 Å². The van der Waals surface area contributed by atoms with Crippen molar-refractivity contribution in [3.05, 3.63) is 253 Å². The van der Waals surface area contributed by atoms with E-state index in [1.54, 1.807) is 0 Å². The largest absolute Gasteiger partial charge is 0.455 e. The number of aromatic nitrogens is 2. The molecule has 14 rings (SSSR count). The molecule has 0 atom stereocenters. The van der Waals surface area contributed by atoms with Gasteiger partial charge in [-0.05, 0) is 102 Å². The minimum Gasteiger partial charge on any atom is -0.455 e. The zero-order valence-corrected chi connectivity index (χ0v) is 35.7. The van der Waals surface area contributed by atoms with Gasteiger partial charge in [0.1, 0.15) is 11.2 Å². The van der Waals surface area contributed by atoms with E-state index in [0.717, 1.165) is 72.3 Å². The van der Waals surface area contributed by atoms with Gasteiger partial charge < -0.3 is 4.42 Å². The molecule has 3 heteroatoms. The molecule has 0 N–H and O–H groups in total. The molecule has 1 spiro atoms. The van der Waals surface area contributed by atoms with E-state index in [4.69, 9.17) is 14.4 Å². The Morgan fingerprint density at radius 3 is 1.64 bits per heavy atom. The minimum absolute atomic E-state index is 0.466. The zero-order valence-electron chi connectivity index (χ0n) is 35.7. The standard InChI is InChI=1S/C63H38N2O/c1-2-18-40(19-3-1)62-64-57(38-58(65-62)52-29-16-33-56-60(52)51-25-8-12-32-55(51)63(56)53-30-10-6-22-47(53)48-23-7-11-31-54(48)63)43-36-41(45-26-14-20-39-17-4-5-21-44(39)45)35-42(37-43)46-27-15-28-50-49-24-9-13-34-59(49)66-61(46)50/h1-38H. The Hall–Kier alpha value is -8.66. The van der Waals surface area contributed by atoms with Crippen molar-refractivity contribution in [2.75, 3.05) is 0 Å². The third-order valence-corrected chi connectivity index (χ3v) is 14.1. The molecule has 0 saturated heterocycles. The molecule has 0 fully saturated rings. The van der Waals surface area contributed by atoms with Crippen molar-refractivity contribution in [2.45, 2.75) is 5.41 Å². The number of nitrogens with zero attached hydrogens (tertiary/aromatic N) is 2. The summed E-state index contributed by atoms with van der Waals surface area (Å²) in [7, 11) is 0. The van der Waals surface area contributed by atoms with Crippen LogP contribution >= 0.6 is 0 Å². The topological polar surface area (TPSA) is 38.9 Å². The second-order valence-electron chi connectivity index (χ2n) is 17.5. The predicted molar refractivity (Wildman–Crippen MR) is 270 cm³/mol. The van der Waals surface area contributed by atoms with Crippen LogP contribution in [0.1, 0.15) is 22.3 Å². The first-order valence-corrected chi connectivity index (χ1v) is 22.6. The molecule has 12 aromatic rings. The van der Waals surface area contributed by atoms with Crippen LogP contribution in [0, 0.1) is 0 Å². The summed E-state index contributed by atoms with van der Waals surface area (Å²) in [5, 5.41) is 4.59. The molecular weight excluding hydrogens is 801 g/mol. The summed E-state index contributed by atoms with van der Waals surface area (Å²) in [6, 6.07) is 83.2. The summed E-state index contributed by atoms with van der Waals surface area (Å²) in [5.41, 5.74) is 20.6. The van der Waals surface area contributed by atoms with Gasteiger partial charge in [-0.2, -0.15) is 0 Å². The van der Waals surface area contributed by atoms with Crippen LogP contribution in [0.2, 0.25) is 0 Å². The van der Waals surface area contributed by atoms with E-state index < -0.39 is 5.41 Å². The van der Waals surface area contributed by atoms with E-state index in [1.165, 1.54) is 55.3 Å². The normalized spacial score (nSPS) is 13.0. The highest BCUT2D eigenvalue weighted by atomic mass is 16.3. The fourth-order valence-electron chi connectivity index (χ4n) is 11.3. The Morgan fingerprint density at radius 1 is 0.318 bits per heavy atom. The van der Waals surface area contributed by atoms with Gasteiger partial charge >= 0.3 is 0 Å². The van der Waals surface area contributed by atoms with Gasteiger partial charge in [-0.1, -0.05) is 200 Å². The number of benzene rings is 10. The predicted octanol–water partition coefficient (Wildman–Crippen LogP) is 16.2. The van der Waals surface area contributed by atoms with Gasteiger partial charge in [0.2, 0.25) is 0 Å². The Balaban J connectivity index is 1.04. The monoisotopic (exact) mass is 838 g/mol. The molecule has 0 saturated carbocycles. The number of hydrogen-bond donors (Lipinski definition) is 0. The molecule has 10 aromatic carbocycles. The van der Waals surface area contributed by atoms with Crippen LogP contribution in [0.4, 0.5) is 0 Å². The van der Waals surface area contributed by atoms with E-state index >= 15 is 0 Å². The average Bonchev–Trinajstić information content (AvgIpc) is 4.03. The second-order valence-corrected chi connectivity index (χ2v) is 17.5. The van der Waals surface area contributed by atoms with Gasteiger partial charge in [-0.15, -0.1) is 0 Å². The zero-order chi connectivity index (χ0) is 43.3. The Bertz CT molecular complexity index is 3900. The van der Waals surface area contributed by atoms with Crippen LogP contribution < -0.4 is 0 Å². The summed E-state index contributed by atoms with van der Waals surface area (Å²) < 4.78 is 6.68. The summed E-state index contributed by atoms with van der Waals surface area (Å²) >= 11 is 0. The molecule has 2 aliphatic carbocycles. The summed E-state index contributed by atoms with van der Waals surface area (Å²) in [6.07, 6.45) is 0. The highest BCUT2D eigenvalue weighted by Gasteiger charge is 2.52. The molecule has 0 aliphatic heterocycles. The van der Waals surface area contributed by atoms with Crippen molar-refractivity contribution in [2.24, 2.45) is 0 Å². The summed E-state index contributed by atoms with van der Waals surface area (Å²) in [4.78, 5) is 11.0. The van der Waals surface area contributed by atoms with Crippen molar-refractivity contribution < 1.29 is 4.42 Å². The van der Waals surface area contributed by atoms with Crippen LogP contribution in [0.15, 0.2) is 235 Å². The lowest BCUT2D eigenvalue weighted by Gasteiger charge is -2.30. The number of hydrogen-bond acceptors (Lipinski definition) is 3. The molecule has 0 unspecified atom stereocenters. The molecule has 0 radical (unpaired) electrons. The van der Waals surface area contributed by atoms with Crippen molar-refractivity contribution in [1.29, 1.82) is 0 Å². The Kier molecular flexibility index (Phi) is 7.90. The van der Waals surface area contributed by atoms with E-state index in [1.807, 2.05) is 12.1 Å². The molecule has 306 valence electrons. The maximum absolute atomic E-state index is 6.68. The SMILES string of the molecule is c1ccc(-c2nc(-c3cc(-c4cccc5ccccc45)cc(-c4cccc5c4oc4ccccc45)c3)cc(-c3cccc4c3-c3ccccc3C43c4ccccc4-c4ccccc43)n2)cc1. The average molecular weight is 839 g/mol. The van der Waals surface area contributed by atoms with Crippen LogP contribution in [0.25, 0.3) is 111 Å². The lowest BCUT2D eigenvalue weighted by molar-refractivity contribution is 0.670. The Morgan fingerprint density at radius 2 is 0.833 bits per heavy atom. The second kappa shape index (κ2) is 14.2. The molecule has 3 nitrogen and oxygen atoms in total. The first kappa shape index (κ1) is 36.8. The highest BCUT2D eigenvalue weighted by Crippen LogP contribution is 2.64. The molecular formula is C63H38N2O. The fraction of sp³-hybridized carbons (Fsp3) is 0.0159. The lowest BCUT2D eigenvalue weighted by Crippen LogP contribution is -2.25. The smallest absolute Gasteiger partial charge is 0.160 e. The molecule has 66 heavy (non-hydrogen) atoms. The van der Waals surface area contributed by atoms with E-state index in [2.05, 4.69) is 218 Å². The molecule has 0 amide bonds. The van der Waals surface area contributed by atoms with Crippen molar-refractivity contribution in [3.8, 4) is 78.4 Å². The lowest BCUT2D eigenvalue weighted by atomic mass is 9.70. The van der Waals surface area contributed by atoms with E-state index in [0.29, 0.717) is 5.82 Å². The minimum atomic E-state index is -0.466. The van der Waals surface area contributed by atoms with Crippen LogP contribution in [-0.2, 0) is 5.41 Å². The number of para-hydroxylation sites is 2. The molecule has 0 bridgehead atoms. The third-order valence-electron chi connectivity index (χ3n) is 14.1. The van der Waals surface area contributed by atoms with Crippen molar-refractivity contribution >= 4 is 32.7 Å². The van der Waals surface area contributed by atoms with Gasteiger partial charge in [-0.3, -0.25) is 0 Å². The summed E-state index contributed by atoms with van der Waals surface area (Å²) in [5.74, 6) is 0.676. The molecule has 2 aromatic heterocycles. The van der Waals surface area contributed by atoms with Gasteiger partial charge in [-0.25, -0.2) is 9.97 Å². The van der Waals surface area contributed by atoms with Gasteiger partial charge in [0, 0.05) is 33.0 Å². The molecule has 2 heterocycles. The van der Waals surface area contributed by atoms with Gasteiger partial charge in [0.15, 0.2) is 5.82 Å². The van der Waals surface area contributed by atoms with Crippen LogP contribution in [0.5, 0.6) is 0 Å². The van der Waals surface area contributed by atoms with Crippen molar-refractivity contribution in [1.82, 2.24) is 9.97 Å². The van der Waals surface area contributed by atoms with Crippen LogP contribution in [0.3, 0.4) is 0 Å². The van der Waals surface area contributed by atoms with Gasteiger partial charge in [0.25, 0.3) is 0 Å². The summed E-state index contributed by atoms with van der Waals surface area (Å²) in [6.45, 7) is 0. The number of furan rings is 1. The number of fused-ring (bicyclic) bond motifs is 14. The molecule has 2 aliphatic rings. The fourth-order valence-corrected chi connectivity index (χ4v) is 11.3. The maximum Gasteiger partial charge on any atom is 0.160 e. The first-order chi connectivity index (χ1) is 32.7. The Labute approximate surface area is 382 Å². The van der Waals surface area contributed by atoms with E-state index in [9.17, 15) is 0 Å². The van der Waals surface area contributed by atoms with Gasteiger partial charge in [0.05, 0.1) is 16.8 Å².